The molecule has 0 aromatic heterocycles. The van der Waals surface area contributed by atoms with Crippen molar-refractivity contribution < 1.29 is 19.1 Å². The molecule has 7 atom stereocenters. The van der Waals surface area contributed by atoms with Crippen LogP contribution in [0.1, 0.15) is 77.7 Å². The van der Waals surface area contributed by atoms with Crippen LogP contribution in [0.5, 0.6) is 0 Å². The highest BCUT2D eigenvalue weighted by atomic mass is 35.5. The highest BCUT2D eigenvalue weighted by Crippen LogP contribution is 2.66. The number of halogens is 1. The zero-order valence-electron chi connectivity index (χ0n) is 24.9. The van der Waals surface area contributed by atoms with Gasteiger partial charge in [0.15, 0.2) is 0 Å². The number of hydrogen-bond donors (Lipinski definition) is 2. The Hall–Kier alpha value is -3.11. The first-order valence-electron chi connectivity index (χ1n) is 15.3. The molecule has 0 spiro atoms. The number of benzene rings is 1. The van der Waals surface area contributed by atoms with Crippen LogP contribution in [-0.4, -0.2) is 37.0 Å². The number of ether oxygens (including phenoxy) is 1. The second kappa shape index (κ2) is 12.2. The smallest absolute Gasteiger partial charge is 0.407 e. The minimum atomic E-state index is -0.505. The number of nitrogens with one attached hydrogen (secondary N) is 2. The first-order chi connectivity index (χ1) is 20.0. The molecule has 3 saturated carbocycles. The number of nitrogens with zero attached hydrogens (tertiary/aromatic N) is 1. The third-order valence-electron chi connectivity index (χ3n) is 11.0. The molecular weight excluding hydrogens is 550 g/mol. The molecule has 8 heteroatoms. The van der Waals surface area contributed by atoms with Crippen molar-refractivity contribution in [2.24, 2.45) is 34.5 Å². The number of alkyl carbamates (subject to hydrolysis) is 1. The standard InChI is InChI=1S/C34H42ClN3O4/c1-21(39)28-10-11-29-27-9-6-24-19-26(12-14-33(24,2)30(27)13-15-34(28,29)3)42-32(41)38-17-16-37-31(40)23(20-36)18-22-4-7-25(35)8-5-22/h4-8,18,26-30H,9-17,19H2,1-3H3,(H,37,40)(H,38,41)/b23-18+/t26-,27-,28+,29-,30-,33-,34+/m0/s1. The van der Waals surface area contributed by atoms with E-state index in [1.807, 2.05) is 6.07 Å². The molecule has 1 aromatic rings. The van der Waals surface area contributed by atoms with E-state index in [-0.39, 0.29) is 41.5 Å². The summed E-state index contributed by atoms with van der Waals surface area (Å²) < 4.78 is 5.80. The summed E-state index contributed by atoms with van der Waals surface area (Å²) in [6.07, 6.45) is 11.5. The van der Waals surface area contributed by atoms with Gasteiger partial charge in [-0.3, -0.25) is 9.59 Å². The van der Waals surface area contributed by atoms with E-state index in [0.29, 0.717) is 34.1 Å². The fraction of sp³-hybridized carbons (Fsp3) is 0.588. The SMILES string of the molecule is CC(=O)[C@H]1CC[C@H]2[C@@H]3CC=C4C[C@@H](OC(=O)NCCNC(=O)/C(C#N)=C/c5ccc(Cl)cc5)CC[C@]4(C)[C@H]3CC[C@]12C. The summed E-state index contributed by atoms with van der Waals surface area (Å²) in [4.78, 5) is 37.4. The third-order valence-corrected chi connectivity index (χ3v) is 11.3. The zero-order chi connectivity index (χ0) is 30.1. The highest BCUT2D eigenvalue weighted by molar-refractivity contribution is 6.30. The average molecular weight is 592 g/mol. The van der Waals surface area contributed by atoms with Crippen molar-refractivity contribution in [1.29, 1.82) is 5.26 Å². The van der Waals surface area contributed by atoms with Gasteiger partial charge in [-0.2, -0.15) is 5.26 Å². The third kappa shape index (κ3) is 5.88. The molecule has 3 fully saturated rings. The Morgan fingerprint density at radius 3 is 2.50 bits per heavy atom. The van der Waals surface area contributed by atoms with Crippen LogP contribution in [-0.2, 0) is 14.3 Å². The van der Waals surface area contributed by atoms with Crippen molar-refractivity contribution in [2.45, 2.75) is 78.2 Å². The molecule has 0 saturated heterocycles. The predicted molar refractivity (Wildman–Crippen MR) is 162 cm³/mol. The monoisotopic (exact) mass is 591 g/mol. The summed E-state index contributed by atoms with van der Waals surface area (Å²) in [7, 11) is 0. The van der Waals surface area contributed by atoms with Crippen molar-refractivity contribution in [3.05, 3.63) is 52.1 Å². The van der Waals surface area contributed by atoms with Crippen LogP contribution < -0.4 is 10.6 Å². The molecular formula is C34H42ClN3O4. The van der Waals surface area contributed by atoms with E-state index in [9.17, 15) is 19.6 Å². The zero-order valence-corrected chi connectivity index (χ0v) is 25.6. The molecule has 1 aromatic carbocycles. The number of carbonyl (C=O) groups excluding carboxylic acids is 3. The Bertz CT molecular complexity index is 1330. The Labute approximate surface area is 254 Å². The maximum atomic E-state index is 12.6. The number of Topliss-reactive ketones (excluding diaryl/α,β-unsaturated/α-hetero) is 1. The van der Waals surface area contributed by atoms with Gasteiger partial charge < -0.3 is 15.4 Å². The van der Waals surface area contributed by atoms with Crippen LogP contribution >= 0.6 is 11.6 Å². The van der Waals surface area contributed by atoms with E-state index in [0.717, 1.165) is 38.5 Å². The summed E-state index contributed by atoms with van der Waals surface area (Å²) in [5.41, 5.74) is 2.39. The lowest BCUT2D eigenvalue weighted by Crippen LogP contribution is -2.51. The topological polar surface area (TPSA) is 108 Å². The van der Waals surface area contributed by atoms with Crippen molar-refractivity contribution in [2.75, 3.05) is 13.1 Å². The molecule has 2 amide bonds. The molecule has 5 rings (SSSR count). The minimum absolute atomic E-state index is 0.0256. The van der Waals surface area contributed by atoms with Gasteiger partial charge in [0, 0.05) is 30.5 Å². The van der Waals surface area contributed by atoms with E-state index in [4.69, 9.17) is 16.3 Å². The lowest BCUT2D eigenvalue weighted by Gasteiger charge is -2.58. The van der Waals surface area contributed by atoms with Gasteiger partial charge in [-0.25, -0.2) is 4.79 Å². The maximum Gasteiger partial charge on any atom is 0.407 e. The molecule has 224 valence electrons. The van der Waals surface area contributed by atoms with Crippen molar-refractivity contribution in [3.63, 3.8) is 0 Å². The van der Waals surface area contributed by atoms with Crippen LogP contribution in [0.25, 0.3) is 6.08 Å². The molecule has 0 radical (unpaired) electrons. The minimum Gasteiger partial charge on any atom is -0.446 e. The fourth-order valence-corrected chi connectivity index (χ4v) is 9.03. The van der Waals surface area contributed by atoms with E-state index < -0.39 is 12.0 Å². The Morgan fingerprint density at radius 2 is 1.79 bits per heavy atom. The number of amides is 2. The lowest BCUT2D eigenvalue weighted by molar-refractivity contribution is -0.127. The molecule has 42 heavy (non-hydrogen) atoms. The van der Waals surface area contributed by atoms with Gasteiger partial charge in [-0.15, -0.1) is 0 Å². The van der Waals surface area contributed by atoms with Gasteiger partial charge in [0.2, 0.25) is 0 Å². The quantitative estimate of drug-likeness (QED) is 0.160. The van der Waals surface area contributed by atoms with Gasteiger partial charge in [0.1, 0.15) is 23.5 Å². The summed E-state index contributed by atoms with van der Waals surface area (Å²) in [6.45, 7) is 6.96. The van der Waals surface area contributed by atoms with Crippen LogP contribution in [0.3, 0.4) is 0 Å². The van der Waals surface area contributed by atoms with Gasteiger partial charge in [-0.1, -0.05) is 49.2 Å². The highest BCUT2D eigenvalue weighted by Gasteiger charge is 2.59. The van der Waals surface area contributed by atoms with Gasteiger partial charge in [0.25, 0.3) is 5.91 Å². The van der Waals surface area contributed by atoms with Crippen LogP contribution in [0.15, 0.2) is 41.5 Å². The summed E-state index contributed by atoms with van der Waals surface area (Å²) >= 11 is 5.89. The second-order valence-electron chi connectivity index (χ2n) is 13.2. The Morgan fingerprint density at radius 1 is 1.05 bits per heavy atom. The number of nitriles is 1. The average Bonchev–Trinajstić information content (AvgIpc) is 3.32. The number of hydrogen-bond acceptors (Lipinski definition) is 5. The van der Waals surface area contributed by atoms with Crippen molar-refractivity contribution in [1.82, 2.24) is 10.6 Å². The van der Waals surface area contributed by atoms with Gasteiger partial charge in [0.05, 0.1) is 0 Å². The predicted octanol–water partition coefficient (Wildman–Crippen LogP) is 6.63. The molecule has 0 heterocycles. The molecule has 4 aliphatic carbocycles. The van der Waals surface area contributed by atoms with Gasteiger partial charge >= 0.3 is 6.09 Å². The van der Waals surface area contributed by atoms with Crippen LogP contribution in [0, 0.1) is 45.8 Å². The van der Waals surface area contributed by atoms with E-state index >= 15 is 0 Å². The number of rotatable bonds is 7. The molecule has 7 nitrogen and oxygen atoms in total. The normalized spacial score (nSPS) is 33.6. The van der Waals surface area contributed by atoms with Crippen molar-refractivity contribution >= 4 is 35.5 Å². The number of fused-ring (bicyclic) bond motifs is 5. The maximum absolute atomic E-state index is 12.6. The first kappa shape index (κ1) is 30.4. The van der Waals surface area contributed by atoms with E-state index in [1.165, 1.54) is 24.5 Å². The largest absolute Gasteiger partial charge is 0.446 e. The molecule has 0 aliphatic heterocycles. The number of ketones is 1. The molecule has 4 aliphatic rings. The van der Waals surface area contributed by atoms with E-state index in [1.54, 1.807) is 31.2 Å². The van der Waals surface area contributed by atoms with Gasteiger partial charge in [-0.05, 0) is 104 Å². The lowest BCUT2D eigenvalue weighted by atomic mass is 9.47. The number of carbonyl (C=O) groups is 3. The summed E-state index contributed by atoms with van der Waals surface area (Å²) in [5.74, 6) is 1.98. The Kier molecular flexibility index (Phi) is 8.85. The number of allylic oxidation sites excluding steroid dienone is 1. The second-order valence-corrected chi connectivity index (χ2v) is 13.7. The Balaban J connectivity index is 1.10. The first-order valence-corrected chi connectivity index (χ1v) is 15.7. The van der Waals surface area contributed by atoms with Crippen LogP contribution in [0.4, 0.5) is 4.79 Å². The molecule has 0 unspecified atom stereocenters. The molecule has 2 N–H and O–H groups in total. The summed E-state index contributed by atoms with van der Waals surface area (Å²) in [6, 6.07) is 8.75. The van der Waals surface area contributed by atoms with Crippen LogP contribution in [0.2, 0.25) is 5.02 Å². The van der Waals surface area contributed by atoms with Crippen molar-refractivity contribution in [3.8, 4) is 6.07 Å². The summed E-state index contributed by atoms with van der Waals surface area (Å²) in [5, 5.41) is 15.3. The fourth-order valence-electron chi connectivity index (χ4n) is 8.90. The van der Waals surface area contributed by atoms with E-state index in [2.05, 4.69) is 30.6 Å². The molecule has 0 bridgehead atoms.